The molecule has 0 atom stereocenters. The van der Waals surface area contributed by atoms with E-state index in [1.165, 1.54) is 23.8 Å². The van der Waals surface area contributed by atoms with Gasteiger partial charge in [0.2, 0.25) is 5.95 Å². The van der Waals surface area contributed by atoms with E-state index >= 15 is 0 Å². The minimum atomic E-state index is -0.910. The van der Waals surface area contributed by atoms with Crippen LogP contribution in [0.2, 0.25) is 0 Å². The minimum Gasteiger partial charge on any atom is -0.494 e. The van der Waals surface area contributed by atoms with Crippen LogP contribution in [-0.4, -0.2) is 36.8 Å². The average Bonchev–Trinajstić information content (AvgIpc) is 3.12. The van der Waals surface area contributed by atoms with Gasteiger partial charge in [-0.25, -0.2) is 14.4 Å². The van der Waals surface area contributed by atoms with E-state index in [9.17, 15) is 9.50 Å². The van der Waals surface area contributed by atoms with E-state index in [0.29, 0.717) is 34.0 Å². The molecule has 5 rings (SSSR count). The monoisotopic (exact) mass is 422 g/mol. The van der Waals surface area contributed by atoms with Gasteiger partial charge >= 0.3 is 0 Å². The van der Waals surface area contributed by atoms with Gasteiger partial charge in [-0.2, -0.15) is 4.52 Å². The molecule has 1 saturated carbocycles. The standard InChI is InChI=1S/C22H23FN6O2/c1-22(2,30)13-4-5-16(25-10-13)11-6-12(7-11)19-27-20-15-8-14(23)9-17(31-3)18(15)26-21(24)29(20)28-19/h4-5,8-12,30H,6-7H2,1-3H3,(H2,24,26). The van der Waals surface area contributed by atoms with Gasteiger partial charge in [0, 0.05) is 35.4 Å². The lowest BCUT2D eigenvalue weighted by atomic mass is 9.72. The Kier molecular flexibility index (Phi) is 4.33. The zero-order valence-corrected chi connectivity index (χ0v) is 17.5. The fourth-order valence-electron chi connectivity index (χ4n) is 4.09. The maximum absolute atomic E-state index is 14.1. The lowest BCUT2D eigenvalue weighted by Gasteiger charge is -2.33. The normalized spacial score (nSPS) is 19.0. The van der Waals surface area contributed by atoms with E-state index in [0.717, 1.165) is 24.1 Å². The summed E-state index contributed by atoms with van der Waals surface area (Å²) in [5, 5.41) is 15.1. The topological polar surface area (TPSA) is 111 Å². The predicted octanol–water partition coefficient (Wildman–Crippen LogP) is 3.29. The molecule has 1 aliphatic carbocycles. The second kappa shape index (κ2) is 6.84. The van der Waals surface area contributed by atoms with Crippen molar-refractivity contribution in [3.63, 3.8) is 0 Å². The van der Waals surface area contributed by atoms with Gasteiger partial charge in [0.25, 0.3) is 0 Å². The first kappa shape index (κ1) is 19.6. The summed E-state index contributed by atoms with van der Waals surface area (Å²) in [4.78, 5) is 13.5. The van der Waals surface area contributed by atoms with Crippen molar-refractivity contribution >= 4 is 22.5 Å². The van der Waals surface area contributed by atoms with Crippen LogP contribution < -0.4 is 10.5 Å². The Balaban J connectivity index is 1.44. The molecular weight excluding hydrogens is 399 g/mol. The number of aromatic nitrogens is 5. The summed E-state index contributed by atoms with van der Waals surface area (Å²) in [6.07, 6.45) is 3.44. The Hall–Kier alpha value is -3.33. The fraction of sp³-hybridized carbons (Fsp3) is 0.364. The minimum absolute atomic E-state index is 0.158. The Morgan fingerprint density at radius 2 is 1.97 bits per heavy atom. The molecule has 9 heteroatoms. The zero-order valence-electron chi connectivity index (χ0n) is 17.5. The van der Waals surface area contributed by atoms with Crippen molar-refractivity contribution in [2.24, 2.45) is 0 Å². The van der Waals surface area contributed by atoms with Crippen molar-refractivity contribution in [2.45, 2.75) is 44.1 Å². The molecular formula is C22H23FN6O2. The molecule has 8 nitrogen and oxygen atoms in total. The van der Waals surface area contributed by atoms with Crippen LogP contribution in [0.5, 0.6) is 5.75 Å². The van der Waals surface area contributed by atoms with E-state index in [2.05, 4.69) is 20.1 Å². The van der Waals surface area contributed by atoms with Crippen molar-refractivity contribution in [3.8, 4) is 5.75 Å². The molecule has 3 N–H and O–H groups in total. The number of nitrogens with two attached hydrogens (primary N) is 1. The molecule has 0 spiro atoms. The van der Waals surface area contributed by atoms with Gasteiger partial charge in [0.15, 0.2) is 11.5 Å². The second-order valence-corrected chi connectivity index (χ2v) is 8.58. The Morgan fingerprint density at radius 1 is 1.19 bits per heavy atom. The number of aliphatic hydroxyl groups is 1. The molecule has 0 amide bonds. The maximum atomic E-state index is 14.1. The van der Waals surface area contributed by atoms with Crippen molar-refractivity contribution < 1.29 is 14.2 Å². The highest BCUT2D eigenvalue weighted by atomic mass is 19.1. The Bertz CT molecular complexity index is 1290. The first-order valence-electron chi connectivity index (χ1n) is 10.1. The molecule has 160 valence electrons. The first-order chi connectivity index (χ1) is 14.7. The molecule has 0 aliphatic heterocycles. The number of hydrogen-bond donors (Lipinski definition) is 2. The van der Waals surface area contributed by atoms with E-state index in [1.807, 2.05) is 12.1 Å². The lowest BCUT2D eigenvalue weighted by molar-refractivity contribution is 0.0781. The van der Waals surface area contributed by atoms with Crippen molar-refractivity contribution in [3.05, 3.63) is 53.4 Å². The number of nitrogens with zero attached hydrogens (tertiary/aromatic N) is 5. The van der Waals surface area contributed by atoms with Gasteiger partial charge in [0.05, 0.1) is 18.1 Å². The van der Waals surface area contributed by atoms with Gasteiger partial charge in [-0.05, 0) is 38.8 Å². The third kappa shape index (κ3) is 3.25. The number of anilines is 1. The number of pyridine rings is 1. The van der Waals surface area contributed by atoms with Crippen LogP contribution in [0.15, 0.2) is 30.5 Å². The predicted molar refractivity (Wildman–Crippen MR) is 113 cm³/mol. The summed E-state index contributed by atoms with van der Waals surface area (Å²) in [6, 6.07) is 6.53. The van der Waals surface area contributed by atoms with Crippen LogP contribution in [0.4, 0.5) is 10.3 Å². The van der Waals surface area contributed by atoms with Crippen molar-refractivity contribution in [2.75, 3.05) is 12.8 Å². The van der Waals surface area contributed by atoms with Crippen LogP contribution in [0.1, 0.15) is 55.6 Å². The number of methoxy groups -OCH3 is 1. The first-order valence-corrected chi connectivity index (χ1v) is 10.1. The summed E-state index contributed by atoms with van der Waals surface area (Å²) in [5.74, 6) is 1.16. The van der Waals surface area contributed by atoms with Crippen LogP contribution in [0.25, 0.3) is 16.6 Å². The fourth-order valence-corrected chi connectivity index (χ4v) is 4.09. The van der Waals surface area contributed by atoms with E-state index in [1.54, 1.807) is 20.0 Å². The van der Waals surface area contributed by atoms with Crippen LogP contribution in [0.3, 0.4) is 0 Å². The number of nitrogen functional groups attached to an aromatic ring is 1. The average molecular weight is 422 g/mol. The summed E-state index contributed by atoms with van der Waals surface area (Å²) in [7, 11) is 1.46. The molecule has 0 saturated heterocycles. The van der Waals surface area contributed by atoms with Gasteiger partial charge in [0.1, 0.15) is 17.1 Å². The lowest BCUT2D eigenvalue weighted by Crippen LogP contribution is -2.23. The summed E-state index contributed by atoms with van der Waals surface area (Å²) in [5.41, 5.74) is 7.88. The molecule has 4 aromatic rings. The smallest absolute Gasteiger partial charge is 0.223 e. The van der Waals surface area contributed by atoms with Gasteiger partial charge < -0.3 is 15.6 Å². The number of hydrogen-bond acceptors (Lipinski definition) is 7. The summed E-state index contributed by atoms with van der Waals surface area (Å²) in [6.45, 7) is 3.48. The summed E-state index contributed by atoms with van der Waals surface area (Å²) >= 11 is 0. The van der Waals surface area contributed by atoms with Gasteiger partial charge in [-0.3, -0.25) is 4.98 Å². The number of benzene rings is 1. The molecule has 1 aromatic carbocycles. The highest BCUT2D eigenvalue weighted by Gasteiger charge is 2.35. The zero-order chi connectivity index (χ0) is 21.9. The van der Waals surface area contributed by atoms with Crippen LogP contribution in [0, 0.1) is 5.82 Å². The third-order valence-electron chi connectivity index (χ3n) is 5.98. The second-order valence-electron chi connectivity index (χ2n) is 8.58. The molecule has 3 heterocycles. The van der Waals surface area contributed by atoms with E-state index in [-0.39, 0.29) is 11.9 Å². The van der Waals surface area contributed by atoms with Crippen LogP contribution in [-0.2, 0) is 5.60 Å². The SMILES string of the molecule is COc1cc(F)cc2c1nc(N)n1nc(C3CC(c4ccc(C(C)(C)O)cn4)C3)nc21. The number of rotatable bonds is 4. The van der Waals surface area contributed by atoms with Gasteiger partial charge in [-0.1, -0.05) is 6.07 Å². The largest absolute Gasteiger partial charge is 0.494 e. The Labute approximate surface area is 177 Å². The van der Waals surface area contributed by atoms with E-state index < -0.39 is 11.4 Å². The quantitative estimate of drug-likeness (QED) is 0.519. The molecule has 0 unspecified atom stereocenters. The maximum Gasteiger partial charge on any atom is 0.223 e. The number of ether oxygens (including phenoxy) is 1. The Morgan fingerprint density at radius 3 is 2.61 bits per heavy atom. The number of halogens is 1. The molecule has 1 fully saturated rings. The molecule has 1 aliphatic rings. The van der Waals surface area contributed by atoms with Crippen molar-refractivity contribution in [1.82, 2.24) is 24.6 Å². The number of fused-ring (bicyclic) bond motifs is 3. The molecule has 3 aromatic heterocycles. The highest BCUT2D eigenvalue weighted by Crippen LogP contribution is 2.46. The van der Waals surface area contributed by atoms with Crippen molar-refractivity contribution in [1.29, 1.82) is 0 Å². The third-order valence-corrected chi connectivity index (χ3v) is 5.98. The molecule has 31 heavy (non-hydrogen) atoms. The highest BCUT2D eigenvalue weighted by molar-refractivity contribution is 5.95. The van der Waals surface area contributed by atoms with E-state index in [4.69, 9.17) is 10.5 Å². The molecule has 0 bridgehead atoms. The van der Waals surface area contributed by atoms with Crippen LogP contribution >= 0.6 is 0 Å². The van der Waals surface area contributed by atoms with Gasteiger partial charge in [-0.15, -0.1) is 5.10 Å². The summed E-state index contributed by atoms with van der Waals surface area (Å²) < 4.78 is 20.8. The molecule has 0 radical (unpaired) electrons.